The summed E-state index contributed by atoms with van der Waals surface area (Å²) in [5.74, 6) is -4.26. The number of carboxylic acid groups (broad SMARTS) is 1. The highest BCUT2D eigenvalue weighted by molar-refractivity contribution is 5.92. The van der Waals surface area contributed by atoms with E-state index in [9.17, 15) is 34.2 Å². The zero-order chi connectivity index (χ0) is 25.8. The fourth-order valence-electron chi connectivity index (χ4n) is 3.01. The maximum atomic E-state index is 12.7. The number of aromatic hydroxyl groups is 1. The molecule has 1 rings (SSSR count). The van der Waals surface area contributed by atoms with Gasteiger partial charge in [0.25, 0.3) is 0 Å². The molecule has 1 aromatic rings. The van der Waals surface area contributed by atoms with Crippen molar-refractivity contribution in [2.45, 2.75) is 57.7 Å². The van der Waals surface area contributed by atoms with Gasteiger partial charge in [0.2, 0.25) is 23.6 Å². The molecule has 0 aromatic heterocycles. The van der Waals surface area contributed by atoms with Crippen LogP contribution in [0.3, 0.4) is 0 Å². The minimum absolute atomic E-state index is 0.0842. The first kappa shape index (κ1) is 28.4. The van der Waals surface area contributed by atoms with E-state index in [1.807, 2.05) is 0 Å². The summed E-state index contributed by atoms with van der Waals surface area (Å²) in [5, 5.41) is 25.8. The molecule has 4 atom stereocenters. The predicted molar refractivity (Wildman–Crippen MR) is 122 cm³/mol. The lowest BCUT2D eigenvalue weighted by Gasteiger charge is -2.25. The molecule has 34 heavy (non-hydrogen) atoms. The smallest absolute Gasteiger partial charge is 0.326 e. The number of benzene rings is 1. The van der Waals surface area contributed by atoms with Crippen LogP contribution in [0.1, 0.15) is 38.7 Å². The van der Waals surface area contributed by atoms with Crippen molar-refractivity contribution in [1.29, 1.82) is 0 Å². The number of carbonyl (C=O) groups excluding carboxylic acids is 4. The molecule has 0 saturated carbocycles. The van der Waals surface area contributed by atoms with E-state index in [0.29, 0.717) is 6.42 Å². The van der Waals surface area contributed by atoms with Crippen molar-refractivity contribution < 1.29 is 34.2 Å². The lowest BCUT2D eigenvalue weighted by Crippen LogP contribution is -2.56. The Balaban J connectivity index is 2.67. The van der Waals surface area contributed by atoms with Crippen LogP contribution >= 0.6 is 0 Å². The van der Waals surface area contributed by atoms with E-state index in [-0.39, 0.29) is 30.9 Å². The van der Waals surface area contributed by atoms with E-state index >= 15 is 0 Å². The Bertz CT molecular complexity index is 875. The van der Waals surface area contributed by atoms with E-state index < -0.39 is 54.3 Å². The van der Waals surface area contributed by atoms with Crippen molar-refractivity contribution in [2.24, 2.45) is 17.4 Å². The highest BCUT2D eigenvalue weighted by Gasteiger charge is 2.30. The van der Waals surface area contributed by atoms with Crippen LogP contribution in [0.15, 0.2) is 24.3 Å². The average Bonchev–Trinajstić information content (AvgIpc) is 2.78. The molecule has 12 heteroatoms. The quantitative estimate of drug-likeness (QED) is 0.171. The average molecular weight is 480 g/mol. The number of hydrogen-bond acceptors (Lipinski definition) is 7. The van der Waals surface area contributed by atoms with Crippen LogP contribution in [-0.4, -0.2) is 64.5 Å². The topological polar surface area (TPSA) is 214 Å². The maximum Gasteiger partial charge on any atom is 0.326 e. The maximum absolute atomic E-state index is 12.7. The van der Waals surface area contributed by atoms with Crippen molar-refractivity contribution in [2.75, 3.05) is 6.54 Å². The molecule has 4 unspecified atom stereocenters. The SMILES string of the molecule is CCC(C)C(NC(=O)CNC(=O)C(N)Cc1ccc(O)cc1)C(=O)NC(CCC(N)=O)C(=O)O. The molecule has 0 saturated heterocycles. The molecule has 0 spiro atoms. The number of aliphatic carboxylic acids is 1. The largest absolute Gasteiger partial charge is 0.508 e. The van der Waals surface area contributed by atoms with Crippen molar-refractivity contribution in [3.05, 3.63) is 29.8 Å². The van der Waals surface area contributed by atoms with Crippen molar-refractivity contribution in [3.63, 3.8) is 0 Å². The first-order chi connectivity index (χ1) is 15.9. The van der Waals surface area contributed by atoms with E-state index in [1.54, 1.807) is 26.0 Å². The zero-order valence-electron chi connectivity index (χ0n) is 19.2. The van der Waals surface area contributed by atoms with Gasteiger partial charge in [0.15, 0.2) is 0 Å². The normalized spacial score (nSPS) is 14.2. The van der Waals surface area contributed by atoms with Gasteiger partial charge >= 0.3 is 5.97 Å². The number of amides is 4. The molecule has 0 radical (unpaired) electrons. The van der Waals surface area contributed by atoms with E-state index in [4.69, 9.17) is 11.5 Å². The highest BCUT2D eigenvalue weighted by Crippen LogP contribution is 2.11. The number of rotatable bonds is 14. The lowest BCUT2D eigenvalue weighted by atomic mass is 9.97. The van der Waals surface area contributed by atoms with Gasteiger partial charge in [0, 0.05) is 6.42 Å². The van der Waals surface area contributed by atoms with Gasteiger partial charge in [-0.05, 0) is 36.5 Å². The summed E-state index contributed by atoms with van der Waals surface area (Å²) in [6.07, 6.45) is 0.273. The Hall–Kier alpha value is -3.67. The first-order valence-electron chi connectivity index (χ1n) is 10.9. The highest BCUT2D eigenvalue weighted by atomic mass is 16.4. The fourth-order valence-corrected chi connectivity index (χ4v) is 3.01. The standard InChI is InChI=1S/C22H33N5O7/c1-3-12(2)19(21(32)26-16(22(33)34)8-9-17(24)29)27-18(30)11-25-20(31)15(23)10-13-4-6-14(28)7-5-13/h4-7,12,15-16,19,28H,3,8-11,23H2,1-2H3,(H2,24,29)(H,25,31)(H,26,32)(H,27,30)(H,33,34). The summed E-state index contributed by atoms with van der Waals surface area (Å²) < 4.78 is 0. The monoisotopic (exact) mass is 479 g/mol. The summed E-state index contributed by atoms with van der Waals surface area (Å²) >= 11 is 0. The molecule has 0 aliphatic rings. The Labute approximate surface area is 197 Å². The summed E-state index contributed by atoms with van der Waals surface area (Å²) in [7, 11) is 0. The number of carbonyl (C=O) groups is 5. The number of nitrogens with two attached hydrogens (primary N) is 2. The molecule has 0 bridgehead atoms. The van der Waals surface area contributed by atoms with Crippen molar-refractivity contribution >= 4 is 29.6 Å². The number of phenolic OH excluding ortho intramolecular Hbond substituents is 1. The first-order valence-corrected chi connectivity index (χ1v) is 10.9. The van der Waals surface area contributed by atoms with Crippen LogP contribution in [0, 0.1) is 5.92 Å². The lowest BCUT2D eigenvalue weighted by molar-refractivity contribution is -0.143. The van der Waals surface area contributed by atoms with Gasteiger partial charge in [0.05, 0.1) is 12.6 Å². The van der Waals surface area contributed by atoms with Gasteiger partial charge in [-0.3, -0.25) is 19.2 Å². The van der Waals surface area contributed by atoms with Crippen LogP contribution in [0.4, 0.5) is 0 Å². The van der Waals surface area contributed by atoms with Gasteiger partial charge < -0.3 is 37.6 Å². The summed E-state index contributed by atoms with van der Waals surface area (Å²) in [6.45, 7) is 3.06. The number of phenols is 1. The van der Waals surface area contributed by atoms with Crippen molar-refractivity contribution in [3.8, 4) is 5.75 Å². The molecule has 9 N–H and O–H groups in total. The van der Waals surface area contributed by atoms with Gasteiger partial charge in [-0.15, -0.1) is 0 Å². The predicted octanol–water partition coefficient (Wildman–Crippen LogP) is -1.26. The van der Waals surface area contributed by atoms with Crippen molar-refractivity contribution in [1.82, 2.24) is 16.0 Å². The van der Waals surface area contributed by atoms with Crippen LogP contribution in [0.5, 0.6) is 5.75 Å². The summed E-state index contributed by atoms with van der Waals surface area (Å²) in [6, 6.07) is 2.84. The van der Waals surface area contributed by atoms with E-state index in [2.05, 4.69) is 16.0 Å². The van der Waals surface area contributed by atoms with Crippen LogP contribution in [0.2, 0.25) is 0 Å². The number of nitrogens with one attached hydrogen (secondary N) is 3. The molecule has 1 aromatic carbocycles. The number of primary amides is 1. The number of carboxylic acids is 1. The Morgan fingerprint density at radius 1 is 1.03 bits per heavy atom. The third-order valence-electron chi connectivity index (χ3n) is 5.26. The van der Waals surface area contributed by atoms with Gasteiger partial charge in [-0.1, -0.05) is 32.4 Å². The second kappa shape index (κ2) is 13.8. The zero-order valence-corrected chi connectivity index (χ0v) is 19.2. The second-order valence-corrected chi connectivity index (χ2v) is 8.03. The van der Waals surface area contributed by atoms with Crippen LogP contribution in [0.25, 0.3) is 0 Å². The third kappa shape index (κ3) is 9.86. The van der Waals surface area contributed by atoms with E-state index in [0.717, 1.165) is 5.56 Å². The molecule has 188 valence electrons. The summed E-state index contributed by atoms with van der Waals surface area (Å²) in [5.41, 5.74) is 11.6. The second-order valence-electron chi connectivity index (χ2n) is 8.03. The Kier molecular flexibility index (Phi) is 11.5. The fraction of sp³-hybridized carbons (Fsp3) is 0.500. The van der Waals surface area contributed by atoms with Gasteiger partial charge in [-0.2, -0.15) is 0 Å². The molecule has 0 aliphatic heterocycles. The van der Waals surface area contributed by atoms with Crippen LogP contribution < -0.4 is 27.4 Å². The number of hydrogen-bond donors (Lipinski definition) is 7. The molecule has 0 heterocycles. The van der Waals surface area contributed by atoms with Gasteiger partial charge in [0.1, 0.15) is 17.8 Å². The minimum atomic E-state index is -1.35. The minimum Gasteiger partial charge on any atom is -0.508 e. The molecule has 0 fully saturated rings. The molecule has 0 aliphatic carbocycles. The van der Waals surface area contributed by atoms with Gasteiger partial charge in [-0.25, -0.2) is 4.79 Å². The Morgan fingerprint density at radius 3 is 2.18 bits per heavy atom. The molecular formula is C22H33N5O7. The Morgan fingerprint density at radius 2 is 1.65 bits per heavy atom. The summed E-state index contributed by atoms with van der Waals surface area (Å²) in [4.78, 5) is 59.6. The van der Waals surface area contributed by atoms with E-state index in [1.165, 1.54) is 12.1 Å². The molecule has 4 amide bonds. The third-order valence-corrected chi connectivity index (χ3v) is 5.26. The van der Waals surface area contributed by atoms with Crippen LogP contribution in [-0.2, 0) is 30.4 Å². The molecular weight excluding hydrogens is 446 g/mol. The molecule has 12 nitrogen and oxygen atoms in total.